The SMILES string of the molecule is CCC(=O)Nc1cc(S(=O)(=O)c2ccccc2)ccc1N=C(NC(=O)OC)NC(=O)OC. The molecule has 12 heteroatoms. The summed E-state index contributed by atoms with van der Waals surface area (Å²) in [6.07, 6.45) is -1.74. The molecule has 0 aromatic heterocycles. The topological polar surface area (TPSA) is 152 Å². The zero-order chi connectivity index (χ0) is 23.7. The second-order valence-electron chi connectivity index (χ2n) is 6.09. The fourth-order valence-corrected chi connectivity index (χ4v) is 3.67. The van der Waals surface area contributed by atoms with E-state index < -0.39 is 27.9 Å². The lowest BCUT2D eigenvalue weighted by atomic mass is 10.2. The van der Waals surface area contributed by atoms with E-state index in [0.717, 1.165) is 14.2 Å². The molecule has 0 atom stereocenters. The van der Waals surface area contributed by atoms with E-state index in [4.69, 9.17) is 0 Å². The van der Waals surface area contributed by atoms with Crippen LogP contribution in [0.5, 0.6) is 0 Å². The van der Waals surface area contributed by atoms with Crippen LogP contribution in [0.15, 0.2) is 63.3 Å². The Kier molecular flexibility index (Phi) is 8.30. The number of carbonyl (C=O) groups excluding carboxylic acids is 3. The second-order valence-corrected chi connectivity index (χ2v) is 8.04. The zero-order valence-electron chi connectivity index (χ0n) is 17.5. The zero-order valence-corrected chi connectivity index (χ0v) is 18.4. The van der Waals surface area contributed by atoms with Gasteiger partial charge in [0.2, 0.25) is 21.7 Å². The molecular weight excluding hydrogens is 440 g/mol. The highest BCUT2D eigenvalue weighted by molar-refractivity contribution is 7.91. The number of ether oxygens (including phenoxy) is 2. The number of aliphatic imine (C=N–C) groups is 1. The predicted octanol–water partition coefficient (Wildman–Crippen LogP) is 2.57. The molecule has 2 rings (SSSR count). The maximum Gasteiger partial charge on any atom is 0.413 e. The largest absolute Gasteiger partial charge is 0.453 e. The van der Waals surface area contributed by atoms with Crippen molar-refractivity contribution in [3.05, 3.63) is 48.5 Å². The molecule has 3 amide bonds. The summed E-state index contributed by atoms with van der Waals surface area (Å²) in [5.41, 5.74) is 0.103. The number of nitrogens with zero attached hydrogens (tertiary/aromatic N) is 1. The van der Waals surface area contributed by atoms with Gasteiger partial charge < -0.3 is 14.8 Å². The van der Waals surface area contributed by atoms with Gasteiger partial charge in [0.25, 0.3) is 0 Å². The summed E-state index contributed by atoms with van der Waals surface area (Å²) in [6.45, 7) is 1.62. The summed E-state index contributed by atoms with van der Waals surface area (Å²) in [7, 11) is -1.65. The molecule has 0 radical (unpaired) electrons. The molecule has 0 aliphatic rings. The summed E-state index contributed by atoms with van der Waals surface area (Å²) in [4.78, 5) is 39.3. The van der Waals surface area contributed by atoms with Crippen molar-refractivity contribution in [1.29, 1.82) is 0 Å². The third-order valence-corrected chi connectivity index (χ3v) is 5.74. The van der Waals surface area contributed by atoms with Crippen LogP contribution in [0.25, 0.3) is 0 Å². The first-order chi connectivity index (χ1) is 15.2. The number of carbonyl (C=O) groups is 3. The fraction of sp³-hybridized carbons (Fsp3) is 0.200. The van der Waals surface area contributed by atoms with Crippen molar-refractivity contribution >= 4 is 45.3 Å². The minimum atomic E-state index is -3.87. The lowest BCUT2D eigenvalue weighted by molar-refractivity contribution is -0.115. The van der Waals surface area contributed by atoms with Crippen LogP contribution < -0.4 is 16.0 Å². The highest BCUT2D eigenvalue weighted by Crippen LogP contribution is 2.31. The highest BCUT2D eigenvalue weighted by atomic mass is 32.2. The highest BCUT2D eigenvalue weighted by Gasteiger charge is 2.20. The van der Waals surface area contributed by atoms with Gasteiger partial charge in [-0.3, -0.25) is 15.4 Å². The summed E-state index contributed by atoms with van der Waals surface area (Å²) in [5.74, 6) is -0.770. The van der Waals surface area contributed by atoms with Gasteiger partial charge in [0.15, 0.2) is 0 Å². The number of hydrogen-bond donors (Lipinski definition) is 3. The summed E-state index contributed by atoms with van der Waals surface area (Å²) in [5, 5.41) is 6.95. The Hall–Kier alpha value is -3.93. The number of amides is 3. The summed E-state index contributed by atoms with van der Waals surface area (Å²) < 4.78 is 34.9. The molecule has 0 aliphatic carbocycles. The molecular formula is C20H22N4O7S. The Morgan fingerprint density at radius 3 is 2.03 bits per heavy atom. The van der Waals surface area contributed by atoms with Crippen LogP contribution in [0.4, 0.5) is 21.0 Å². The maximum absolute atomic E-state index is 12.9. The van der Waals surface area contributed by atoms with Crippen LogP contribution in [-0.4, -0.2) is 46.7 Å². The molecule has 0 unspecified atom stereocenters. The average Bonchev–Trinajstić information content (AvgIpc) is 2.80. The van der Waals surface area contributed by atoms with Crippen molar-refractivity contribution in [2.45, 2.75) is 23.1 Å². The number of guanidine groups is 1. The third kappa shape index (κ3) is 6.28. The molecule has 170 valence electrons. The third-order valence-electron chi connectivity index (χ3n) is 3.97. The first-order valence-electron chi connectivity index (χ1n) is 9.24. The molecule has 32 heavy (non-hydrogen) atoms. The molecule has 3 N–H and O–H groups in total. The first kappa shape index (κ1) is 24.3. The molecule has 0 aliphatic heterocycles. The Balaban J connectivity index is 2.57. The van der Waals surface area contributed by atoms with Crippen LogP contribution in [0.3, 0.4) is 0 Å². The van der Waals surface area contributed by atoms with E-state index in [2.05, 4.69) is 30.4 Å². The van der Waals surface area contributed by atoms with Crippen LogP contribution >= 0.6 is 0 Å². The maximum atomic E-state index is 12.9. The van der Waals surface area contributed by atoms with Crippen LogP contribution in [-0.2, 0) is 24.1 Å². The van der Waals surface area contributed by atoms with Gasteiger partial charge in [-0.2, -0.15) is 0 Å². The summed E-state index contributed by atoms with van der Waals surface area (Å²) in [6, 6.07) is 11.6. The van der Waals surface area contributed by atoms with Crippen molar-refractivity contribution in [3.63, 3.8) is 0 Å². The molecule has 0 spiro atoms. The van der Waals surface area contributed by atoms with E-state index in [-0.39, 0.29) is 33.5 Å². The van der Waals surface area contributed by atoms with Crippen molar-refractivity contribution in [2.24, 2.45) is 4.99 Å². The standard InChI is InChI=1S/C20H22N4O7S/c1-4-17(25)21-16-12-14(32(28,29)13-8-6-5-7-9-13)10-11-15(16)22-18(23-19(26)30-2)24-20(27)31-3/h5-12H,4H2,1-3H3,(H,21,25)(H2,22,23,24,26,27). The second kappa shape index (κ2) is 10.9. The van der Waals surface area contributed by atoms with Crippen molar-refractivity contribution < 1.29 is 32.3 Å². The Bertz CT molecular complexity index is 1110. The molecule has 0 saturated heterocycles. The van der Waals surface area contributed by atoms with Crippen LogP contribution in [0.2, 0.25) is 0 Å². The quantitative estimate of drug-likeness (QED) is 0.456. The normalized spacial score (nSPS) is 10.5. The van der Waals surface area contributed by atoms with Gasteiger partial charge in [-0.25, -0.2) is 23.0 Å². The van der Waals surface area contributed by atoms with E-state index >= 15 is 0 Å². The van der Waals surface area contributed by atoms with Crippen molar-refractivity contribution in [2.75, 3.05) is 19.5 Å². The predicted molar refractivity (Wildman–Crippen MR) is 115 cm³/mol. The van der Waals surface area contributed by atoms with E-state index in [0.29, 0.717) is 0 Å². The van der Waals surface area contributed by atoms with E-state index in [1.54, 1.807) is 25.1 Å². The lowest BCUT2D eigenvalue weighted by Gasteiger charge is -2.13. The van der Waals surface area contributed by atoms with Crippen molar-refractivity contribution in [3.8, 4) is 0 Å². The van der Waals surface area contributed by atoms with E-state index in [1.165, 1.54) is 30.3 Å². The number of anilines is 1. The number of sulfone groups is 1. The Labute approximate surface area is 184 Å². The molecule has 0 saturated carbocycles. The average molecular weight is 462 g/mol. The van der Waals surface area contributed by atoms with Gasteiger partial charge in [-0.05, 0) is 30.3 Å². The summed E-state index contributed by atoms with van der Waals surface area (Å²) >= 11 is 0. The number of methoxy groups -OCH3 is 2. The lowest BCUT2D eigenvalue weighted by Crippen LogP contribution is -2.43. The number of benzene rings is 2. The molecule has 0 fully saturated rings. The van der Waals surface area contributed by atoms with Crippen molar-refractivity contribution in [1.82, 2.24) is 10.6 Å². The van der Waals surface area contributed by atoms with Gasteiger partial charge in [0.1, 0.15) is 0 Å². The molecule has 2 aromatic rings. The van der Waals surface area contributed by atoms with E-state index in [9.17, 15) is 22.8 Å². The van der Waals surface area contributed by atoms with E-state index in [1.807, 2.05) is 0 Å². The Morgan fingerprint density at radius 2 is 1.50 bits per heavy atom. The van der Waals surface area contributed by atoms with Gasteiger partial charge >= 0.3 is 12.2 Å². The monoisotopic (exact) mass is 462 g/mol. The number of nitrogens with one attached hydrogen (secondary N) is 3. The molecule has 0 heterocycles. The minimum Gasteiger partial charge on any atom is -0.453 e. The fourth-order valence-electron chi connectivity index (χ4n) is 2.36. The molecule has 0 bridgehead atoms. The molecule has 2 aromatic carbocycles. The minimum absolute atomic E-state index is 0.0460. The number of alkyl carbamates (subject to hydrolysis) is 2. The van der Waals surface area contributed by atoms with Crippen LogP contribution in [0, 0.1) is 0 Å². The molecule has 11 nitrogen and oxygen atoms in total. The van der Waals surface area contributed by atoms with Gasteiger partial charge in [0, 0.05) is 6.42 Å². The number of hydrogen-bond acceptors (Lipinski definition) is 8. The number of rotatable bonds is 5. The Morgan fingerprint density at radius 1 is 0.906 bits per heavy atom. The van der Waals surface area contributed by atoms with Gasteiger partial charge in [-0.15, -0.1) is 0 Å². The smallest absolute Gasteiger partial charge is 0.413 e. The first-order valence-corrected chi connectivity index (χ1v) is 10.7. The van der Waals surface area contributed by atoms with Gasteiger partial charge in [0.05, 0.1) is 35.4 Å². The van der Waals surface area contributed by atoms with Crippen LogP contribution in [0.1, 0.15) is 13.3 Å². The van der Waals surface area contributed by atoms with Gasteiger partial charge in [-0.1, -0.05) is 25.1 Å².